The zero-order valence-corrected chi connectivity index (χ0v) is 18.9. The van der Waals surface area contributed by atoms with Gasteiger partial charge < -0.3 is 13.9 Å². The van der Waals surface area contributed by atoms with Gasteiger partial charge in [0, 0.05) is 16.5 Å². The average Bonchev–Trinajstić information content (AvgIpc) is 3.22. The van der Waals surface area contributed by atoms with Crippen LogP contribution in [0.1, 0.15) is 33.3 Å². The summed E-state index contributed by atoms with van der Waals surface area (Å²) in [6.45, 7) is 8.17. The largest absolute Gasteiger partial charge is 0.494 e. The fourth-order valence-electron chi connectivity index (χ4n) is 4.84. The minimum absolute atomic E-state index is 0.289. The van der Waals surface area contributed by atoms with Crippen LogP contribution in [0.25, 0.3) is 38.3 Å². The highest BCUT2D eigenvalue weighted by Gasteiger charge is 2.51. The van der Waals surface area contributed by atoms with Crippen LogP contribution in [0, 0.1) is 17.1 Å². The number of aromatic nitrogens is 1. The highest BCUT2D eigenvalue weighted by Crippen LogP contribution is 2.41. The van der Waals surface area contributed by atoms with Crippen LogP contribution in [0.3, 0.4) is 0 Å². The lowest BCUT2D eigenvalue weighted by atomic mass is 9.78. The summed E-state index contributed by atoms with van der Waals surface area (Å²) >= 11 is 0. The van der Waals surface area contributed by atoms with E-state index < -0.39 is 18.3 Å². The number of hydrogen-bond donors (Lipinski definition) is 0. The van der Waals surface area contributed by atoms with Gasteiger partial charge in [-0.25, -0.2) is 4.39 Å². The first-order valence-electron chi connectivity index (χ1n) is 11.0. The number of nitriles is 1. The molecule has 0 aliphatic carbocycles. The Morgan fingerprint density at radius 3 is 2.00 bits per heavy atom. The van der Waals surface area contributed by atoms with Gasteiger partial charge in [0.25, 0.3) is 0 Å². The topological polar surface area (TPSA) is 47.2 Å². The van der Waals surface area contributed by atoms with Gasteiger partial charge in [-0.1, -0.05) is 18.2 Å². The van der Waals surface area contributed by atoms with Crippen LogP contribution in [-0.4, -0.2) is 22.9 Å². The summed E-state index contributed by atoms with van der Waals surface area (Å²) in [6.07, 6.45) is 0. The third-order valence-electron chi connectivity index (χ3n) is 7.23. The van der Waals surface area contributed by atoms with E-state index in [1.54, 1.807) is 12.1 Å². The van der Waals surface area contributed by atoms with Crippen molar-refractivity contribution in [1.29, 1.82) is 5.26 Å². The maximum atomic E-state index is 13.7. The summed E-state index contributed by atoms with van der Waals surface area (Å²) < 4.78 is 28.5. The lowest BCUT2D eigenvalue weighted by molar-refractivity contribution is 0.00578. The van der Waals surface area contributed by atoms with Crippen molar-refractivity contribution in [3.63, 3.8) is 0 Å². The van der Waals surface area contributed by atoms with Crippen molar-refractivity contribution in [2.75, 3.05) is 0 Å². The Bertz CT molecular complexity index is 1580. The van der Waals surface area contributed by atoms with E-state index >= 15 is 0 Å². The van der Waals surface area contributed by atoms with Gasteiger partial charge in [0.2, 0.25) is 0 Å². The van der Waals surface area contributed by atoms with Crippen molar-refractivity contribution in [2.45, 2.75) is 38.9 Å². The molecule has 0 N–H and O–H groups in total. The Labute approximate surface area is 191 Å². The lowest BCUT2D eigenvalue weighted by Gasteiger charge is -2.32. The van der Waals surface area contributed by atoms with Gasteiger partial charge >= 0.3 is 7.12 Å². The van der Waals surface area contributed by atoms with Gasteiger partial charge in [-0.2, -0.15) is 5.26 Å². The second-order valence-corrected chi connectivity index (χ2v) is 9.81. The van der Waals surface area contributed by atoms with E-state index in [9.17, 15) is 9.65 Å². The molecule has 4 aromatic carbocycles. The van der Waals surface area contributed by atoms with Gasteiger partial charge in [-0.15, -0.1) is 0 Å². The van der Waals surface area contributed by atoms with Crippen LogP contribution in [0.4, 0.5) is 4.39 Å². The Morgan fingerprint density at radius 2 is 1.39 bits per heavy atom. The molecule has 1 fully saturated rings. The predicted octanol–water partition coefficient (Wildman–Crippen LogP) is 5.68. The Kier molecular flexibility index (Phi) is 4.03. The van der Waals surface area contributed by atoms with E-state index in [0.717, 1.165) is 43.7 Å². The van der Waals surface area contributed by atoms with E-state index in [2.05, 4.69) is 28.8 Å². The van der Waals surface area contributed by atoms with E-state index in [4.69, 9.17) is 9.31 Å². The monoisotopic (exact) mass is 436 g/mol. The van der Waals surface area contributed by atoms with Crippen molar-refractivity contribution < 1.29 is 13.7 Å². The summed E-state index contributed by atoms with van der Waals surface area (Å²) in [5.74, 6) is -0.289. The number of nitrogens with zero attached hydrogens (tertiary/aromatic N) is 2. The van der Waals surface area contributed by atoms with Crippen molar-refractivity contribution in [3.8, 4) is 11.8 Å². The molecule has 0 unspecified atom stereocenters. The number of benzene rings is 4. The van der Waals surface area contributed by atoms with Gasteiger partial charge in [-0.3, -0.25) is 0 Å². The van der Waals surface area contributed by atoms with Crippen LogP contribution in [0.2, 0.25) is 0 Å². The first-order chi connectivity index (χ1) is 15.7. The van der Waals surface area contributed by atoms with Crippen LogP contribution in [0.15, 0.2) is 60.7 Å². The third-order valence-corrected chi connectivity index (χ3v) is 7.23. The Balaban J connectivity index is 1.69. The third kappa shape index (κ3) is 2.83. The Hall–Kier alpha value is -3.40. The zero-order valence-electron chi connectivity index (χ0n) is 18.9. The van der Waals surface area contributed by atoms with Gasteiger partial charge in [0.15, 0.2) is 0 Å². The first kappa shape index (κ1) is 20.2. The molecular weight excluding hydrogens is 414 g/mol. The average molecular weight is 436 g/mol. The molecule has 5 aromatic rings. The molecule has 1 aromatic heterocycles. The quantitative estimate of drug-likeness (QED) is 0.264. The number of rotatable bonds is 2. The molecule has 33 heavy (non-hydrogen) atoms. The van der Waals surface area contributed by atoms with Crippen LogP contribution in [0.5, 0.6) is 0 Å². The second-order valence-electron chi connectivity index (χ2n) is 9.81. The first-order valence-corrected chi connectivity index (χ1v) is 11.0. The van der Waals surface area contributed by atoms with E-state index in [1.807, 2.05) is 45.9 Å². The number of halogens is 1. The minimum atomic E-state index is -0.500. The standard InChI is InChI=1S/C27H22BFN2O2/c1-26(2)27(3,4)33-28(32-26)19-13-18-6-5-17-11-16(15-30)12-22-24(17)25(18)23(14-19)31(22)21-9-7-20(29)8-10-21/h5-14H,1-4H3. The summed E-state index contributed by atoms with van der Waals surface area (Å²) in [6, 6.07) is 20.9. The van der Waals surface area contributed by atoms with Crippen molar-refractivity contribution in [1.82, 2.24) is 4.57 Å². The lowest BCUT2D eigenvalue weighted by Crippen LogP contribution is -2.41. The van der Waals surface area contributed by atoms with Crippen molar-refractivity contribution in [2.24, 2.45) is 0 Å². The normalized spacial score (nSPS) is 17.4. The fraction of sp³-hybridized carbons (Fsp3) is 0.222. The maximum Gasteiger partial charge on any atom is 0.494 e. The smallest absolute Gasteiger partial charge is 0.399 e. The maximum absolute atomic E-state index is 13.7. The van der Waals surface area contributed by atoms with E-state index in [-0.39, 0.29) is 5.82 Å². The van der Waals surface area contributed by atoms with Gasteiger partial charge in [-0.05, 0) is 86.4 Å². The molecule has 4 nitrogen and oxygen atoms in total. The summed E-state index contributed by atoms with van der Waals surface area (Å²) in [4.78, 5) is 0. The molecule has 0 amide bonds. The molecule has 0 saturated carbocycles. The molecular formula is C27H22BFN2O2. The van der Waals surface area contributed by atoms with Gasteiger partial charge in [0.05, 0.1) is 33.9 Å². The van der Waals surface area contributed by atoms with E-state index in [0.29, 0.717) is 5.56 Å². The van der Waals surface area contributed by atoms with Crippen molar-refractivity contribution in [3.05, 3.63) is 72.0 Å². The van der Waals surface area contributed by atoms with Gasteiger partial charge in [0.1, 0.15) is 5.82 Å². The predicted molar refractivity (Wildman–Crippen MR) is 130 cm³/mol. The molecule has 2 heterocycles. The minimum Gasteiger partial charge on any atom is -0.399 e. The zero-order chi connectivity index (χ0) is 23.1. The summed E-state index contributed by atoms with van der Waals surface area (Å²) in [5.41, 5.74) is 3.34. The highest BCUT2D eigenvalue weighted by atomic mass is 19.1. The van der Waals surface area contributed by atoms with Crippen LogP contribution in [-0.2, 0) is 9.31 Å². The molecule has 0 radical (unpaired) electrons. The van der Waals surface area contributed by atoms with Crippen molar-refractivity contribution >= 4 is 45.2 Å². The molecule has 1 saturated heterocycles. The fourth-order valence-corrected chi connectivity index (χ4v) is 4.84. The summed E-state index contributed by atoms with van der Waals surface area (Å²) in [5, 5.41) is 13.9. The molecule has 0 spiro atoms. The van der Waals surface area contributed by atoms with E-state index in [1.165, 1.54) is 12.1 Å². The second kappa shape index (κ2) is 6.57. The molecule has 0 atom stereocenters. The molecule has 1 aliphatic heterocycles. The molecule has 6 heteroatoms. The molecule has 1 aliphatic rings. The Morgan fingerprint density at radius 1 is 0.818 bits per heavy atom. The SMILES string of the molecule is CC1(C)OB(c2cc3ccc4cc(C#N)cc5c4c3c(c2)n5-c2ccc(F)cc2)OC1(C)C. The molecule has 0 bridgehead atoms. The van der Waals surface area contributed by atoms with Crippen LogP contribution < -0.4 is 5.46 Å². The molecule has 6 rings (SSSR count). The number of hydrogen-bond acceptors (Lipinski definition) is 3. The summed E-state index contributed by atoms with van der Waals surface area (Å²) in [7, 11) is -0.500. The highest BCUT2D eigenvalue weighted by molar-refractivity contribution is 6.62. The molecule has 162 valence electrons. The van der Waals surface area contributed by atoms with Crippen LogP contribution >= 0.6 is 0 Å².